The molecule has 0 spiro atoms. The number of pyridine rings is 4. The molecule has 0 aliphatic carbocycles. The SMILES string of the molecule is C.C.C=CC(=O)OCc1cncc(O[B]O)c1.CCN(C(C)C)C(C)C.COCCl.COCOCc1cncc(Br)c1.ClCCl.OCc1cncc(Br)c1.O[B]Oc1cncc(CO)c1. The molecular formula is C42H66B2Br2Cl3N5O11. The zero-order valence-corrected chi connectivity index (χ0v) is 41.9. The summed E-state index contributed by atoms with van der Waals surface area (Å²) in [6.07, 6.45) is 13.8. The van der Waals surface area contributed by atoms with Crippen LogP contribution in [0.15, 0.2) is 95.4 Å². The molecule has 0 aromatic carbocycles. The summed E-state index contributed by atoms with van der Waals surface area (Å²) >= 11 is 21.0. The van der Waals surface area contributed by atoms with Crippen molar-refractivity contribution in [3.63, 3.8) is 0 Å². The Hall–Kier alpha value is -2.95. The van der Waals surface area contributed by atoms with Gasteiger partial charge in [0.15, 0.2) is 0 Å². The highest BCUT2D eigenvalue weighted by molar-refractivity contribution is 9.10. The number of aliphatic hydroxyl groups is 2. The number of esters is 1. The standard InChI is InChI=1S/C9H9BNO4.C8H10BrNO2.C8H19N.C6H7BNO3.C6H6BrNO.C2H5ClO.CH2Cl2.2CH4/c1-2-9(12)14-6-7-3-8(15-10-13)5-11-4-7;1-11-6-12-5-7-2-8(9)4-10-3-7;1-6-9(7(2)3)8(4)5;9-4-5-1-6(11-7-10)3-8-2-5;7-6-1-5(4-9)2-8-3-6;1-4-2-3;2-1-3;;/h2-5,13H,1,6H2;2-4H,5-6H2,1H3;7-8H,6H2,1-5H3;1-3,9-10H,4H2;1-3,9H,4H2;2H2,1H3;1H2;2*1H4. The number of hydrogen-bond donors (Lipinski definition) is 4. The lowest BCUT2D eigenvalue weighted by Gasteiger charge is -2.28. The van der Waals surface area contributed by atoms with Gasteiger partial charge < -0.3 is 48.5 Å². The fourth-order valence-corrected chi connectivity index (χ4v) is 5.03. The van der Waals surface area contributed by atoms with Crippen LogP contribution in [0.4, 0.5) is 0 Å². The molecule has 0 amide bonds. The van der Waals surface area contributed by atoms with Gasteiger partial charge in [0.05, 0.1) is 37.6 Å². The Morgan fingerprint density at radius 2 is 1.11 bits per heavy atom. The molecule has 2 radical (unpaired) electrons. The van der Waals surface area contributed by atoms with Gasteiger partial charge in [-0.15, -0.1) is 23.2 Å². The van der Waals surface area contributed by atoms with Crippen molar-refractivity contribution in [3.05, 3.63) is 118 Å². The third-order valence-electron chi connectivity index (χ3n) is 6.62. The van der Waals surface area contributed by atoms with Crippen LogP contribution in [-0.2, 0) is 50.2 Å². The maximum atomic E-state index is 10.8. The predicted molar refractivity (Wildman–Crippen MR) is 268 cm³/mol. The number of aromatic nitrogens is 4. The van der Waals surface area contributed by atoms with Crippen LogP contribution < -0.4 is 9.31 Å². The minimum Gasteiger partial charge on any atom is -0.536 e. The van der Waals surface area contributed by atoms with Gasteiger partial charge in [0.1, 0.15) is 31.0 Å². The van der Waals surface area contributed by atoms with E-state index in [9.17, 15) is 4.79 Å². The number of hydrogen-bond acceptors (Lipinski definition) is 16. The van der Waals surface area contributed by atoms with Crippen molar-refractivity contribution in [1.82, 2.24) is 24.8 Å². The first-order valence-corrected chi connectivity index (χ1v) is 21.7. The first kappa shape index (κ1) is 71.1. The third-order valence-corrected chi connectivity index (χ3v) is 7.71. The number of carbonyl (C=O) groups excluding carboxylic acids is 1. The Morgan fingerprint density at radius 3 is 1.43 bits per heavy atom. The molecule has 366 valence electrons. The second-order valence-electron chi connectivity index (χ2n) is 11.9. The van der Waals surface area contributed by atoms with E-state index in [0.29, 0.717) is 69.5 Å². The molecule has 0 unspecified atom stereocenters. The van der Waals surface area contributed by atoms with Gasteiger partial charge in [-0.2, -0.15) is 0 Å². The zero-order chi connectivity index (χ0) is 48.3. The highest BCUT2D eigenvalue weighted by Crippen LogP contribution is 2.13. The zero-order valence-electron chi connectivity index (χ0n) is 36.5. The summed E-state index contributed by atoms with van der Waals surface area (Å²) in [6.45, 7) is 16.5. The number of rotatable bonds is 17. The number of aliphatic hydroxyl groups excluding tert-OH is 2. The van der Waals surface area contributed by atoms with Crippen LogP contribution >= 0.6 is 66.7 Å². The molecule has 0 saturated heterocycles. The number of carbonyl (C=O) groups is 1. The molecule has 4 rings (SSSR count). The van der Waals surface area contributed by atoms with Gasteiger partial charge in [0, 0.05) is 84.1 Å². The van der Waals surface area contributed by atoms with Crippen molar-refractivity contribution in [2.75, 3.05) is 39.0 Å². The number of methoxy groups -OCH3 is 2. The molecule has 4 aromatic rings. The molecule has 0 fully saturated rings. The van der Waals surface area contributed by atoms with Crippen LogP contribution in [-0.4, -0.2) is 117 Å². The van der Waals surface area contributed by atoms with Crippen LogP contribution in [0.3, 0.4) is 0 Å². The smallest absolute Gasteiger partial charge is 0.536 e. The summed E-state index contributed by atoms with van der Waals surface area (Å²) < 4.78 is 30.1. The van der Waals surface area contributed by atoms with E-state index in [-0.39, 0.29) is 40.0 Å². The van der Waals surface area contributed by atoms with Gasteiger partial charge >= 0.3 is 21.3 Å². The van der Waals surface area contributed by atoms with E-state index in [1.165, 1.54) is 24.8 Å². The molecule has 65 heavy (non-hydrogen) atoms. The van der Waals surface area contributed by atoms with E-state index in [1.807, 2.05) is 12.1 Å². The Kier molecular flexibility index (Phi) is 55.2. The van der Waals surface area contributed by atoms with Crippen molar-refractivity contribution in [1.29, 1.82) is 0 Å². The van der Waals surface area contributed by atoms with E-state index >= 15 is 0 Å². The Balaban J connectivity index is -0.000000223. The van der Waals surface area contributed by atoms with Crippen LogP contribution in [0.25, 0.3) is 0 Å². The van der Waals surface area contributed by atoms with Gasteiger partial charge in [0.25, 0.3) is 0 Å². The van der Waals surface area contributed by atoms with E-state index in [4.69, 9.17) is 69.3 Å². The molecule has 4 aromatic heterocycles. The van der Waals surface area contributed by atoms with E-state index in [1.54, 1.807) is 51.1 Å². The van der Waals surface area contributed by atoms with Crippen molar-refractivity contribution in [2.24, 2.45) is 0 Å². The number of halogens is 5. The highest BCUT2D eigenvalue weighted by Gasteiger charge is 2.09. The molecule has 4 heterocycles. The van der Waals surface area contributed by atoms with Crippen molar-refractivity contribution in [2.45, 2.75) is 88.0 Å². The Labute approximate surface area is 419 Å². The maximum absolute atomic E-state index is 10.8. The van der Waals surface area contributed by atoms with Crippen LogP contribution in [0, 0.1) is 0 Å². The maximum Gasteiger partial charge on any atom is 0.569 e. The molecule has 0 bridgehead atoms. The molecule has 4 N–H and O–H groups in total. The monoisotopic (exact) mass is 1100 g/mol. The fraction of sp³-hybridized carbons (Fsp3) is 0.452. The van der Waals surface area contributed by atoms with Gasteiger partial charge in [-0.1, -0.05) is 40.0 Å². The van der Waals surface area contributed by atoms with Gasteiger partial charge in [-0.3, -0.25) is 24.8 Å². The number of ether oxygens (including phenoxy) is 4. The van der Waals surface area contributed by atoms with Crippen molar-refractivity contribution in [3.8, 4) is 11.5 Å². The average Bonchev–Trinajstić information content (AvgIpc) is 3.27. The predicted octanol–water partition coefficient (Wildman–Crippen LogP) is 8.64. The fourth-order valence-electron chi connectivity index (χ4n) is 4.20. The third kappa shape index (κ3) is 43.4. The molecule has 0 aliphatic rings. The van der Waals surface area contributed by atoms with E-state index < -0.39 is 5.97 Å². The normalized spacial score (nSPS) is 9.28. The molecule has 16 nitrogen and oxygen atoms in total. The number of nitrogens with zero attached hydrogens (tertiary/aromatic N) is 5. The summed E-state index contributed by atoms with van der Waals surface area (Å²) in [5.74, 6) is 0.263. The quantitative estimate of drug-likeness (QED) is 0.0195. The first-order valence-electron chi connectivity index (χ1n) is 18.5. The summed E-state index contributed by atoms with van der Waals surface area (Å²) in [6, 6.07) is 8.64. The Morgan fingerprint density at radius 1 is 0.723 bits per heavy atom. The van der Waals surface area contributed by atoms with Gasteiger partial charge in [-0.05, 0) is 107 Å². The first-order chi connectivity index (χ1) is 30.2. The Bertz CT molecular complexity index is 1700. The summed E-state index contributed by atoms with van der Waals surface area (Å²) in [4.78, 5) is 28.7. The number of alkyl halides is 3. The topological polar surface area (TPSA) is 208 Å². The van der Waals surface area contributed by atoms with Crippen molar-refractivity contribution >= 4 is 88.0 Å². The van der Waals surface area contributed by atoms with Gasteiger partial charge in [-0.25, -0.2) is 4.79 Å². The second kappa shape index (κ2) is 50.5. The lowest BCUT2D eigenvalue weighted by atomic mass is 10.2. The molecule has 0 atom stereocenters. The van der Waals surface area contributed by atoms with Crippen LogP contribution in [0.1, 0.15) is 71.7 Å². The minimum atomic E-state index is -0.505. The minimum absolute atomic E-state index is 0. The van der Waals surface area contributed by atoms with Gasteiger partial charge in [0.2, 0.25) is 0 Å². The molecule has 23 heteroatoms. The lowest BCUT2D eigenvalue weighted by molar-refractivity contribution is -0.139. The largest absolute Gasteiger partial charge is 0.569 e. The average molecular weight is 1100 g/mol. The summed E-state index contributed by atoms with van der Waals surface area (Å²) in [5, 5.41) is 34.1. The van der Waals surface area contributed by atoms with Crippen LogP contribution in [0.5, 0.6) is 11.5 Å². The summed E-state index contributed by atoms with van der Waals surface area (Å²) in [5.41, 5.74) is 3.15. The lowest BCUT2D eigenvalue weighted by Crippen LogP contribution is -2.36. The van der Waals surface area contributed by atoms with Crippen LogP contribution in [0.2, 0.25) is 0 Å². The highest BCUT2D eigenvalue weighted by atomic mass is 79.9. The van der Waals surface area contributed by atoms with Crippen molar-refractivity contribution < 1.29 is 53.3 Å². The van der Waals surface area contributed by atoms with E-state index in [0.717, 1.165) is 32.7 Å². The molecule has 0 aliphatic heterocycles. The summed E-state index contributed by atoms with van der Waals surface area (Å²) in [7, 11) is 4.26. The second-order valence-corrected chi connectivity index (χ2v) is 14.8. The van der Waals surface area contributed by atoms with E-state index in [2.05, 4.69) is 112 Å². The molecular weight excluding hydrogens is 1040 g/mol. The molecule has 0 saturated carbocycles.